The molecule has 0 aliphatic carbocycles. The lowest BCUT2D eigenvalue weighted by Gasteiger charge is -2.37. The number of carbonyl (C=O) groups excluding carboxylic acids is 3. The minimum absolute atomic E-state index is 0.0191. The molecule has 2 atom stereocenters. The fourth-order valence-electron chi connectivity index (χ4n) is 8.60. The number of carbonyl (C=O) groups is 3. The number of amides is 3. The zero-order valence-corrected chi connectivity index (χ0v) is 47.6. The molecule has 0 unspecified atom stereocenters. The van der Waals surface area contributed by atoms with E-state index in [0.29, 0.717) is 144 Å². The molecule has 0 aliphatic heterocycles. The van der Waals surface area contributed by atoms with Crippen molar-refractivity contribution in [1.29, 1.82) is 0 Å². The summed E-state index contributed by atoms with van der Waals surface area (Å²) in [5.41, 5.74) is 14.3. The molecule has 443 valence electrons. The van der Waals surface area contributed by atoms with Gasteiger partial charge >= 0.3 is 0 Å². The van der Waals surface area contributed by atoms with Crippen LogP contribution in [0.25, 0.3) is 10.4 Å². The van der Waals surface area contributed by atoms with Crippen molar-refractivity contribution in [2.24, 2.45) is 5.11 Å². The average Bonchev–Trinajstić information content (AvgIpc) is 3.68. The summed E-state index contributed by atoms with van der Waals surface area (Å²) in [5.74, 6) is -1.19. The fraction of sp³-hybridized carbons (Fsp3) is 0.460. The van der Waals surface area contributed by atoms with Crippen LogP contribution in [0.2, 0.25) is 0 Å². The van der Waals surface area contributed by atoms with E-state index in [9.17, 15) is 14.4 Å². The topological polar surface area (TPSA) is 231 Å². The first-order valence-corrected chi connectivity index (χ1v) is 28.3. The summed E-state index contributed by atoms with van der Waals surface area (Å²) < 4.78 is 49.6. The number of nitrogens with one attached hydrogen (secondary N) is 4. The first-order valence-electron chi connectivity index (χ1n) is 28.3. The molecule has 0 aromatic heterocycles. The Hall–Kier alpha value is -6.58. The lowest BCUT2D eigenvalue weighted by molar-refractivity contribution is -0.131. The zero-order valence-electron chi connectivity index (χ0n) is 47.6. The SMILES string of the molecule is [CH2]c1ccc(NC(=O)[C@H](CCCCNC(c2ccccc2)(c2ccccc2)c2ccc(C)cc2)NC(=O)[C@H](Cc2ccccc2)NC(=O)CCOCCOCCOCCOCCOCCOCCOCCOCCOCCN=[N+]=[N-])cc1. The Kier molecular flexibility index (Phi) is 33.4. The first-order chi connectivity index (χ1) is 40.3. The molecular formula is C63H84N7O12. The van der Waals surface area contributed by atoms with Gasteiger partial charge in [0.2, 0.25) is 17.7 Å². The van der Waals surface area contributed by atoms with Gasteiger partial charge in [-0.25, -0.2) is 0 Å². The van der Waals surface area contributed by atoms with Gasteiger partial charge in [0, 0.05) is 30.0 Å². The maximum absolute atomic E-state index is 14.3. The molecule has 0 spiro atoms. The Balaban J connectivity index is 0.982. The number of hydrogen-bond acceptors (Lipinski definition) is 14. The fourth-order valence-corrected chi connectivity index (χ4v) is 8.60. The Morgan fingerprint density at radius 3 is 1.43 bits per heavy atom. The Bertz CT molecular complexity index is 2490. The highest BCUT2D eigenvalue weighted by Crippen LogP contribution is 2.37. The summed E-state index contributed by atoms with van der Waals surface area (Å²) in [6.45, 7) is 14.1. The third-order valence-corrected chi connectivity index (χ3v) is 12.8. The van der Waals surface area contributed by atoms with E-state index < -0.39 is 23.5 Å². The van der Waals surface area contributed by atoms with Crippen LogP contribution in [-0.4, -0.2) is 162 Å². The van der Waals surface area contributed by atoms with Crippen LogP contribution in [0.1, 0.15) is 59.1 Å². The van der Waals surface area contributed by atoms with E-state index in [1.54, 1.807) is 12.1 Å². The molecule has 19 nitrogen and oxygen atoms in total. The van der Waals surface area contributed by atoms with E-state index in [-0.39, 0.29) is 37.9 Å². The molecule has 0 bridgehead atoms. The number of benzene rings is 5. The van der Waals surface area contributed by atoms with Crippen LogP contribution in [0.4, 0.5) is 5.69 Å². The van der Waals surface area contributed by atoms with Crippen molar-refractivity contribution < 1.29 is 57.0 Å². The molecular weight excluding hydrogens is 1050 g/mol. The van der Waals surface area contributed by atoms with Gasteiger partial charge in [-0.1, -0.05) is 138 Å². The first kappa shape index (κ1) is 66.2. The number of nitrogens with zero attached hydrogens (tertiary/aromatic N) is 3. The molecule has 5 aromatic rings. The van der Waals surface area contributed by atoms with Crippen LogP contribution < -0.4 is 21.3 Å². The maximum Gasteiger partial charge on any atom is 0.246 e. The quantitative estimate of drug-likeness (QED) is 0.00955. The van der Waals surface area contributed by atoms with Crippen molar-refractivity contribution in [1.82, 2.24) is 16.0 Å². The predicted octanol–water partition coefficient (Wildman–Crippen LogP) is 7.93. The van der Waals surface area contributed by atoms with Gasteiger partial charge in [0.1, 0.15) is 12.1 Å². The Labute approximate surface area is 484 Å². The zero-order chi connectivity index (χ0) is 58.0. The second kappa shape index (κ2) is 41.4. The minimum Gasteiger partial charge on any atom is -0.379 e. The summed E-state index contributed by atoms with van der Waals surface area (Å²) in [5, 5.41) is 16.2. The van der Waals surface area contributed by atoms with E-state index in [4.69, 9.17) is 48.2 Å². The maximum atomic E-state index is 14.3. The highest BCUT2D eigenvalue weighted by molar-refractivity contribution is 5.98. The number of aryl methyl sites for hydroxylation is 1. The van der Waals surface area contributed by atoms with Crippen molar-refractivity contribution in [3.05, 3.63) is 190 Å². The van der Waals surface area contributed by atoms with E-state index in [2.05, 4.69) is 118 Å². The summed E-state index contributed by atoms with van der Waals surface area (Å²) in [6.07, 6.45) is 1.88. The molecule has 0 fully saturated rings. The Morgan fingerprint density at radius 2 is 0.951 bits per heavy atom. The van der Waals surface area contributed by atoms with Gasteiger partial charge in [0.15, 0.2) is 0 Å². The molecule has 0 heterocycles. The van der Waals surface area contributed by atoms with Crippen molar-refractivity contribution in [2.75, 3.05) is 137 Å². The van der Waals surface area contributed by atoms with Gasteiger partial charge in [0.05, 0.1) is 124 Å². The van der Waals surface area contributed by atoms with E-state index in [1.165, 1.54) is 5.56 Å². The van der Waals surface area contributed by atoms with Crippen molar-refractivity contribution in [3.63, 3.8) is 0 Å². The smallest absolute Gasteiger partial charge is 0.246 e. The van der Waals surface area contributed by atoms with E-state index >= 15 is 0 Å². The molecule has 0 aliphatic rings. The molecule has 82 heavy (non-hydrogen) atoms. The third kappa shape index (κ3) is 26.6. The second-order valence-electron chi connectivity index (χ2n) is 19.0. The molecule has 5 rings (SSSR count). The van der Waals surface area contributed by atoms with Gasteiger partial charge in [-0.05, 0) is 85.1 Å². The minimum atomic E-state index is -0.964. The van der Waals surface area contributed by atoms with Gasteiger partial charge in [0.25, 0.3) is 0 Å². The monoisotopic (exact) mass is 1130 g/mol. The van der Waals surface area contributed by atoms with Crippen LogP contribution >= 0.6 is 0 Å². The predicted molar refractivity (Wildman–Crippen MR) is 315 cm³/mol. The standard InChI is InChI=1S/C63H84N7O12/c1-51-21-25-56(26-22-51)63(54-16-8-4-9-17-54,55-18-10-5-11-19-55)65-30-13-12-20-58(61(72)67-57-27-23-52(2)24-28-57)69-62(73)59(50-53-14-6-3-7-15-53)68-60(71)29-32-74-34-36-76-38-40-78-42-44-80-46-48-82-49-47-81-45-43-79-41-39-77-37-35-75-33-31-66-70-64/h3-11,14-19,21-28,58-59,65H,2,12-13,20,29-50H2,1H3,(H,67,72)(H,68,71)(H,69,73)/t58-,59-/m0/s1. The number of hydrogen-bond donors (Lipinski definition) is 4. The number of unbranched alkanes of at least 4 members (excludes halogenated alkanes) is 1. The van der Waals surface area contributed by atoms with E-state index in [0.717, 1.165) is 27.8 Å². The molecule has 19 heteroatoms. The number of anilines is 1. The largest absolute Gasteiger partial charge is 0.379 e. The van der Waals surface area contributed by atoms with Crippen LogP contribution in [0.3, 0.4) is 0 Å². The molecule has 4 N–H and O–H groups in total. The van der Waals surface area contributed by atoms with Crippen molar-refractivity contribution in [2.45, 2.75) is 56.7 Å². The summed E-state index contributed by atoms with van der Waals surface area (Å²) in [6, 6.07) is 44.2. The summed E-state index contributed by atoms with van der Waals surface area (Å²) in [4.78, 5) is 44.5. The second-order valence-corrected chi connectivity index (χ2v) is 19.0. The van der Waals surface area contributed by atoms with Gasteiger partial charge in [-0.2, -0.15) is 0 Å². The Morgan fingerprint density at radius 1 is 0.512 bits per heavy atom. The van der Waals surface area contributed by atoms with Gasteiger partial charge in [-0.15, -0.1) is 0 Å². The normalized spacial score (nSPS) is 12.1. The molecule has 5 aromatic carbocycles. The van der Waals surface area contributed by atoms with Gasteiger partial charge in [-0.3, -0.25) is 19.7 Å². The van der Waals surface area contributed by atoms with Crippen LogP contribution in [0.5, 0.6) is 0 Å². The average molecular weight is 1130 g/mol. The molecule has 0 saturated heterocycles. The van der Waals surface area contributed by atoms with Crippen LogP contribution in [0.15, 0.2) is 145 Å². The lowest BCUT2D eigenvalue weighted by Crippen LogP contribution is -2.53. The number of rotatable bonds is 46. The van der Waals surface area contributed by atoms with E-state index in [1.807, 2.05) is 54.6 Å². The molecule has 1 radical (unpaired) electrons. The van der Waals surface area contributed by atoms with Crippen LogP contribution in [-0.2, 0) is 69.0 Å². The summed E-state index contributed by atoms with van der Waals surface area (Å²) >= 11 is 0. The lowest BCUT2D eigenvalue weighted by atomic mass is 9.76. The third-order valence-electron chi connectivity index (χ3n) is 12.8. The molecule has 3 amide bonds. The highest BCUT2D eigenvalue weighted by atomic mass is 16.6. The molecule has 0 saturated carbocycles. The van der Waals surface area contributed by atoms with Gasteiger partial charge < -0.3 is 58.6 Å². The van der Waals surface area contributed by atoms with Crippen molar-refractivity contribution in [3.8, 4) is 0 Å². The van der Waals surface area contributed by atoms with Crippen LogP contribution in [0, 0.1) is 13.8 Å². The summed E-state index contributed by atoms with van der Waals surface area (Å²) in [7, 11) is 0. The number of ether oxygens (including phenoxy) is 9. The highest BCUT2D eigenvalue weighted by Gasteiger charge is 2.36. The van der Waals surface area contributed by atoms with Crippen molar-refractivity contribution >= 4 is 23.4 Å². The number of azide groups is 1.